The number of anilines is 2. The Morgan fingerprint density at radius 2 is 2.00 bits per heavy atom. The summed E-state index contributed by atoms with van der Waals surface area (Å²) in [6.07, 6.45) is 4.14. The van der Waals surface area contributed by atoms with Gasteiger partial charge in [-0.3, -0.25) is 4.79 Å². The monoisotopic (exact) mass is 534 g/mol. The zero-order valence-electron chi connectivity index (χ0n) is 20.3. The molecule has 0 aliphatic carbocycles. The quantitative estimate of drug-likeness (QED) is 0.246. The van der Waals surface area contributed by atoms with Crippen molar-refractivity contribution in [3.05, 3.63) is 84.2 Å². The van der Waals surface area contributed by atoms with Gasteiger partial charge in [0, 0.05) is 37.7 Å². The van der Waals surface area contributed by atoms with E-state index in [1.807, 2.05) is 6.07 Å². The second kappa shape index (κ2) is 11.4. The number of piperidine rings is 1. The number of likely N-dealkylation sites (tertiary alicyclic amines) is 1. The van der Waals surface area contributed by atoms with E-state index in [0.717, 1.165) is 0 Å². The third-order valence-corrected chi connectivity index (χ3v) is 6.31. The first-order valence-electron chi connectivity index (χ1n) is 12.0. The summed E-state index contributed by atoms with van der Waals surface area (Å²) < 4.78 is 25.1. The van der Waals surface area contributed by atoms with Gasteiger partial charge in [-0.15, -0.1) is 0 Å². The van der Waals surface area contributed by atoms with E-state index in [1.54, 1.807) is 41.3 Å². The van der Waals surface area contributed by atoms with Crippen molar-refractivity contribution in [3.63, 3.8) is 0 Å². The lowest BCUT2D eigenvalue weighted by atomic mass is 10.1. The van der Waals surface area contributed by atoms with E-state index in [9.17, 15) is 9.18 Å². The summed E-state index contributed by atoms with van der Waals surface area (Å²) in [7, 11) is 0. The highest BCUT2D eigenvalue weighted by Crippen LogP contribution is 2.31. The van der Waals surface area contributed by atoms with Crippen LogP contribution >= 0.6 is 11.6 Å². The minimum atomic E-state index is -0.568. The number of carbonyl (C=O) groups is 1. The molecule has 0 bridgehead atoms. The van der Waals surface area contributed by atoms with Crippen LogP contribution in [-0.4, -0.2) is 49.9 Å². The summed E-state index contributed by atoms with van der Waals surface area (Å²) in [6.45, 7) is 4.84. The third-order valence-electron chi connectivity index (χ3n) is 6.01. The topological polar surface area (TPSA) is 102 Å². The summed E-state index contributed by atoms with van der Waals surface area (Å²) in [5, 5.41) is 3.59. The van der Waals surface area contributed by atoms with E-state index >= 15 is 0 Å². The molecule has 4 aromatic rings. The highest BCUT2D eigenvalue weighted by atomic mass is 35.5. The van der Waals surface area contributed by atoms with Crippen molar-refractivity contribution in [2.24, 2.45) is 0 Å². The van der Waals surface area contributed by atoms with E-state index in [0.29, 0.717) is 70.8 Å². The first-order chi connectivity index (χ1) is 18.5. The van der Waals surface area contributed by atoms with Crippen LogP contribution in [0.5, 0.6) is 11.6 Å². The van der Waals surface area contributed by atoms with Crippen LogP contribution in [-0.2, 0) is 11.4 Å². The number of halogens is 2. The van der Waals surface area contributed by atoms with Crippen LogP contribution in [0, 0.1) is 5.95 Å². The predicted molar refractivity (Wildman–Crippen MR) is 141 cm³/mol. The lowest BCUT2D eigenvalue weighted by molar-refractivity contribution is -0.127. The molecule has 1 N–H and O–H groups in total. The third kappa shape index (κ3) is 5.97. The Labute approximate surface area is 223 Å². The Balaban J connectivity index is 1.27. The molecule has 0 radical (unpaired) electrons. The number of pyridine rings is 2. The molecule has 0 atom stereocenters. The number of benzene rings is 1. The van der Waals surface area contributed by atoms with Crippen LogP contribution in [0.4, 0.5) is 15.9 Å². The second-order valence-corrected chi connectivity index (χ2v) is 9.00. The number of aromatic nitrogens is 4. The number of fused-ring (bicyclic) bond motifs is 1. The molecule has 0 unspecified atom stereocenters. The van der Waals surface area contributed by atoms with Gasteiger partial charge in [-0.2, -0.15) is 4.39 Å². The maximum atomic E-state index is 13.3. The fourth-order valence-electron chi connectivity index (χ4n) is 4.09. The van der Waals surface area contributed by atoms with Gasteiger partial charge >= 0.3 is 0 Å². The fraction of sp³-hybridized carbons (Fsp3) is 0.222. The molecule has 38 heavy (non-hydrogen) atoms. The maximum absolute atomic E-state index is 13.3. The van der Waals surface area contributed by atoms with Crippen LogP contribution in [0.3, 0.4) is 0 Å². The van der Waals surface area contributed by atoms with Gasteiger partial charge in [0.05, 0.1) is 16.2 Å². The van der Waals surface area contributed by atoms with Crippen molar-refractivity contribution in [2.45, 2.75) is 25.6 Å². The van der Waals surface area contributed by atoms with Gasteiger partial charge in [0.25, 0.3) is 0 Å². The van der Waals surface area contributed by atoms with E-state index < -0.39 is 5.95 Å². The normalized spacial score (nSPS) is 13.8. The molecule has 194 valence electrons. The average molecular weight is 535 g/mol. The molecule has 1 aromatic carbocycles. The highest BCUT2D eigenvalue weighted by molar-refractivity contribution is 6.32. The van der Waals surface area contributed by atoms with Crippen LogP contribution in [0.2, 0.25) is 5.02 Å². The van der Waals surface area contributed by atoms with Gasteiger partial charge < -0.3 is 19.7 Å². The largest absolute Gasteiger partial charge is 0.486 e. The van der Waals surface area contributed by atoms with Crippen LogP contribution in [0.25, 0.3) is 11.0 Å². The number of amides is 1. The molecule has 3 aromatic heterocycles. The summed E-state index contributed by atoms with van der Waals surface area (Å²) in [4.78, 5) is 30.6. The first kappa shape index (κ1) is 25.3. The molecule has 0 spiro atoms. The minimum absolute atomic E-state index is 0.0521. The van der Waals surface area contributed by atoms with Gasteiger partial charge in [0.1, 0.15) is 30.3 Å². The Morgan fingerprint density at radius 3 is 2.76 bits per heavy atom. The van der Waals surface area contributed by atoms with Crippen molar-refractivity contribution in [3.8, 4) is 11.6 Å². The standard InChI is InChI=1S/C27H24ClFN6O3/c1-2-25(36)35-12-10-19(11-13-35)38-24-9-7-21-26(34-24)27(31-16-30-21)33-17-6-8-22(20(28)14-17)37-15-18-4-3-5-23(29)32-18/h2-9,14,16,19H,1,10-13,15H2,(H,30,31,33). The van der Waals surface area contributed by atoms with Crippen molar-refractivity contribution in [1.82, 2.24) is 24.8 Å². The highest BCUT2D eigenvalue weighted by Gasteiger charge is 2.23. The lowest BCUT2D eigenvalue weighted by Gasteiger charge is -2.31. The van der Waals surface area contributed by atoms with Crippen LogP contribution < -0.4 is 14.8 Å². The summed E-state index contributed by atoms with van der Waals surface area (Å²) in [6, 6.07) is 13.3. The zero-order valence-corrected chi connectivity index (χ0v) is 21.1. The molecule has 1 aliphatic rings. The minimum Gasteiger partial charge on any atom is -0.486 e. The lowest BCUT2D eigenvalue weighted by Crippen LogP contribution is -2.41. The van der Waals surface area contributed by atoms with Crippen molar-refractivity contribution in [1.29, 1.82) is 0 Å². The van der Waals surface area contributed by atoms with Gasteiger partial charge in [-0.05, 0) is 42.5 Å². The molecule has 4 heterocycles. The number of carbonyl (C=O) groups excluding carboxylic acids is 1. The number of rotatable bonds is 8. The first-order valence-corrected chi connectivity index (χ1v) is 12.4. The molecular formula is C27H24ClFN6O3. The van der Waals surface area contributed by atoms with E-state index in [-0.39, 0.29) is 18.6 Å². The Kier molecular flexibility index (Phi) is 7.60. The molecule has 1 aliphatic heterocycles. The summed E-state index contributed by atoms with van der Waals surface area (Å²) in [5.74, 6) is 0.743. The van der Waals surface area contributed by atoms with Crippen molar-refractivity contribution < 1.29 is 18.7 Å². The SMILES string of the molecule is C=CC(=O)N1CCC(Oc2ccc3ncnc(Nc4ccc(OCc5cccc(F)n5)c(Cl)c4)c3n2)CC1. The molecule has 1 saturated heterocycles. The number of hydrogen-bond acceptors (Lipinski definition) is 8. The van der Waals surface area contributed by atoms with Crippen LogP contribution in [0.15, 0.2) is 67.5 Å². The Hall–Kier alpha value is -4.31. The fourth-order valence-corrected chi connectivity index (χ4v) is 4.32. The van der Waals surface area contributed by atoms with Gasteiger partial charge in [0.15, 0.2) is 5.82 Å². The van der Waals surface area contributed by atoms with Crippen LogP contribution in [0.1, 0.15) is 18.5 Å². The smallest absolute Gasteiger partial charge is 0.245 e. The van der Waals surface area contributed by atoms with E-state index in [2.05, 4.69) is 31.8 Å². The molecule has 1 amide bonds. The maximum Gasteiger partial charge on any atom is 0.245 e. The second-order valence-electron chi connectivity index (χ2n) is 8.60. The molecule has 1 fully saturated rings. The van der Waals surface area contributed by atoms with E-state index in [4.69, 9.17) is 21.1 Å². The molecule has 11 heteroatoms. The molecular weight excluding hydrogens is 511 g/mol. The summed E-state index contributed by atoms with van der Waals surface area (Å²) >= 11 is 6.43. The average Bonchev–Trinajstić information content (AvgIpc) is 2.93. The van der Waals surface area contributed by atoms with Gasteiger partial charge in [-0.1, -0.05) is 24.2 Å². The zero-order chi connectivity index (χ0) is 26.5. The molecule has 5 rings (SSSR count). The Bertz CT molecular complexity index is 1480. The van der Waals surface area contributed by atoms with E-state index in [1.165, 1.54) is 18.5 Å². The van der Waals surface area contributed by atoms with Crippen molar-refractivity contribution >= 4 is 40.0 Å². The van der Waals surface area contributed by atoms with Crippen molar-refractivity contribution in [2.75, 3.05) is 18.4 Å². The number of nitrogens with zero attached hydrogens (tertiary/aromatic N) is 5. The number of nitrogens with one attached hydrogen (secondary N) is 1. The molecule has 9 nitrogen and oxygen atoms in total. The predicted octanol–water partition coefficient (Wildman–Crippen LogP) is 5.09. The Morgan fingerprint density at radius 1 is 1.16 bits per heavy atom. The number of hydrogen-bond donors (Lipinski definition) is 1. The van der Waals surface area contributed by atoms with Gasteiger partial charge in [0.2, 0.25) is 17.7 Å². The van der Waals surface area contributed by atoms with Gasteiger partial charge in [-0.25, -0.2) is 19.9 Å². The number of ether oxygens (including phenoxy) is 2. The molecule has 0 saturated carbocycles. The summed E-state index contributed by atoms with van der Waals surface area (Å²) in [5.41, 5.74) is 2.31.